The van der Waals surface area contributed by atoms with Crippen LogP contribution < -0.4 is 16.0 Å². The lowest BCUT2D eigenvalue weighted by molar-refractivity contribution is -0.119. The fourth-order valence-electron chi connectivity index (χ4n) is 1.96. The summed E-state index contributed by atoms with van der Waals surface area (Å²) in [5.41, 5.74) is 1.16. The maximum Gasteiger partial charge on any atom is 0.259 e. The second kappa shape index (κ2) is 5.83. The molecule has 6 nitrogen and oxygen atoms in total. The molecule has 106 valence electrons. The summed E-state index contributed by atoms with van der Waals surface area (Å²) in [6, 6.07) is 4.68. The molecule has 1 atom stereocenters. The molecule has 1 aromatic carbocycles. The van der Waals surface area contributed by atoms with E-state index in [0.29, 0.717) is 23.4 Å². The number of benzene rings is 1. The SMILES string of the molecule is CCNCC(C)C(=O)Nc1ccc2c(c1)C(=O)NC2=O. The first-order valence-electron chi connectivity index (χ1n) is 6.54. The van der Waals surface area contributed by atoms with Crippen molar-refractivity contribution in [3.8, 4) is 0 Å². The molecule has 1 heterocycles. The van der Waals surface area contributed by atoms with Gasteiger partial charge in [0.15, 0.2) is 0 Å². The van der Waals surface area contributed by atoms with Gasteiger partial charge in [-0.3, -0.25) is 19.7 Å². The fourth-order valence-corrected chi connectivity index (χ4v) is 1.96. The Balaban J connectivity index is 2.08. The molecule has 1 aromatic rings. The molecule has 20 heavy (non-hydrogen) atoms. The summed E-state index contributed by atoms with van der Waals surface area (Å²) < 4.78 is 0. The Labute approximate surface area is 116 Å². The van der Waals surface area contributed by atoms with E-state index < -0.39 is 11.8 Å². The van der Waals surface area contributed by atoms with Crippen molar-refractivity contribution in [2.45, 2.75) is 13.8 Å². The number of rotatable bonds is 5. The number of nitrogens with one attached hydrogen (secondary N) is 3. The molecule has 0 bridgehead atoms. The molecule has 1 aliphatic heterocycles. The van der Waals surface area contributed by atoms with E-state index >= 15 is 0 Å². The molecule has 0 spiro atoms. The minimum absolute atomic E-state index is 0.129. The van der Waals surface area contributed by atoms with Crippen LogP contribution in [0.2, 0.25) is 0 Å². The van der Waals surface area contributed by atoms with Crippen molar-refractivity contribution >= 4 is 23.4 Å². The van der Waals surface area contributed by atoms with Gasteiger partial charge in [0.05, 0.1) is 11.1 Å². The second-order valence-electron chi connectivity index (χ2n) is 4.74. The van der Waals surface area contributed by atoms with Gasteiger partial charge in [0.2, 0.25) is 5.91 Å². The number of hydrogen-bond donors (Lipinski definition) is 3. The summed E-state index contributed by atoms with van der Waals surface area (Å²) in [6.07, 6.45) is 0. The van der Waals surface area contributed by atoms with Crippen molar-refractivity contribution in [1.29, 1.82) is 0 Å². The highest BCUT2D eigenvalue weighted by Gasteiger charge is 2.27. The smallest absolute Gasteiger partial charge is 0.259 e. The molecule has 3 amide bonds. The van der Waals surface area contributed by atoms with Gasteiger partial charge in [0, 0.05) is 18.2 Å². The van der Waals surface area contributed by atoms with Gasteiger partial charge in [0.25, 0.3) is 11.8 Å². The first kappa shape index (κ1) is 14.2. The zero-order chi connectivity index (χ0) is 14.7. The number of amides is 3. The third-order valence-corrected chi connectivity index (χ3v) is 3.15. The Hall–Kier alpha value is -2.21. The number of fused-ring (bicyclic) bond motifs is 1. The van der Waals surface area contributed by atoms with E-state index in [9.17, 15) is 14.4 Å². The lowest BCUT2D eigenvalue weighted by Gasteiger charge is -2.12. The number of hydrogen-bond acceptors (Lipinski definition) is 4. The van der Waals surface area contributed by atoms with Gasteiger partial charge in [-0.2, -0.15) is 0 Å². The molecule has 2 rings (SSSR count). The number of anilines is 1. The van der Waals surface area contributed by atoms with Gasteiger partial charge in [-0.15, -0.1) is 0 Å². The summed E-state index contributed by atoms with van der Waals surface area (Å²) in [5, 5.41) is 8.06. The largest absolute Gasteiger partial charge is 0.326 e. The number of carbonyl (C=O) groups is 3. The number of imide groups is 1. The minimum Gasteiger partial charge on any atom is -0.326 e. The third kappa shape index (κ3) is 2.85. The molecule has 1 aliphatic rings. The van der Waals surface area contributed by atoms with Crippen LogP contribution in [0.1, 0.15) is 34.6 Å². The van der Waals surface area contributed by atoms with Crippen LogP contribution in [0.3, 0.4) is 0 Å². The Morgan fingerprint density at radius 2 is 1.95 bits per heavy atom. The maximum atomic E-state index is 11.9. The molecule has 0 aliphatic carbocycles. The van der Waals surface area contributed by atoms with Gasteiger partial charge >= 0.3 is 0 Å². The van der Waals surface area contributed by atoms with Crippen LogP contribution in [0, 0.1) is 5.92 Å². The van der Waals surface area contributed by atoms with Crippen molar-refractivity contribution in [3.05, 3.63) is 29.3 Å². The van der Waals surface area contributed by atoms with Crippen LogP contribution in [0.15, 0.2) is 18.2 Å². The second-order valence-corrected chi connectivity index (χ2v) is 4.74. The quantitative estimate of drug-likeness (QED) is 0.692. The molecule has 3 N–H and O–H groups in total. The van der Waals surface area contributed by atoms with Gasteiger partial charge in [0.1, 0.15) is 0 Å². The summed E-state index contributed by atoms with van der Waals surface area (Å²) in [4.78, 5) is 34.9. The van der Waals surface area contributed by atoms with Crippen molar-refractivity contribution in [2.24, 2.45) is 5.92 Å². The summed E-state index contributed by atoms with van der Waals surface area (Å²) in [6.45, 7) is 5.19. The highest BCUT2D eigenvalue weighted by molar-refractivity contribution is 6.22. The van der Waals surface area contributed by atoms with E-state index in [-0.39, 0.29) is 11.8 Å². The van der Waals surface area contributed by atoms with Crippen LogP contribution in [0.4, 0.5) is 5.69 Å². The molecular formula is C14H17N3O3. The molecule has 0 aromatic heterocycles. The van der Waals surface area contributed by atoms with Crippen LogP contribution in [0.5, 0.6) is 0 Å². The van der Waals surface area contributed by atoms with Crippen molar-refractivity contribution < 1.29 is 14.4 Å². The van der Waals surface area contributed by atoms with Crippen molar-refractivity contribution in [3.63, 3.8) is 0 Å². The lowest BCUT2D eigenvalue weighted by atomic mass is 10.1. The minimum atomic E-state index is -0.429. The highest BCUT2D eigenvalue weighted by atomic mass is 16.2. The van der Waals surface area contributed by atoms with Gasteiger partial charge < -0.3 is 10.6 Å². The predicted molar refractivity (Wildman–Crippen MR) is 74.6 cm³/mol. The Bertz CT molecular complexity index is 569. The molecule has 0 radical (unpaired) electrons. The van der Waals surface area contributed by atoms with Gasteiger partial charge in [-0.25, -0.2) is 0 Å². The van der Waals surface area contributed by atoms with Crippen molar-refractivity contribution in [2.75, 3.05) is 18.4 Å². The molecule has 0 saturated heterocycles. The van der Waals surface area contributed by atoms with E-state index in [1.54, 1.807) is 12.1 Å². The zero-order valence-corrected chi connectivity index (χ0v) is 11.4. The predicted octanol–water partition coefficient (Wildman–Crippen LogP) is 0.754. The average Bonchev–Trinajstić information content (AvgIpc) is 2.71. The fraction of sp³-hybridized carbons (Fsp3) is 0.357. The number of carbonyl (C=O) groups excluding carboxylic acids is 3. The maximum absolute atomic E-state index is 11.9. The standard InChI is InChI=1S/C14H17N3O3/c1-3-15-7-8(2)12(18)16-9-4-5-10-11(6-9)14(20)17-13(10)19/h4-6,8,15H,3,7H2,1-2H3,(H,16,18)(H,17,19,20). The van der Waals surface area contributed by atoms with E-state index in [1.165, 1.54) is 6.07 Å². The average molecular weight is 275 g/mol. The lowest BCUT2D eigenvalue weighted by Crippen LogP contribution is -2.30. The van der Waals surface area contributed by atoms with Gasteiger partial charge in [-0.05, 0) is 24.7 Å². The third-order valence-electron chi connectivity index (χ3n) is 3.15. The van der Waals surface area contributed by atoms with E-state index in [1.807, 2.05) is 13.8 Å². The highest BCUT2D eigenvalue weighted by Crippen LogP contribution is 2.20. The van der Waals surface area contributed by atoms with E-state index in [0.717, 1.165) is 6.54 Å². The Morgan fingerprint density at radius 3 is 2.65 bits per heavy atom. The molecule has 0 fully saturated rings. The first-order valence-corrected chi connectivity index (χ1v) is 6.54. The van der Waals surface area contributed by atoms with Gasteiger partial charge in [-0.1, -0.05) is 13.8 Å². The summed E-state index contributed by atoms with van der Waals surface area (Å²) in [5.74, 6) is -1.14. The topological polar surface area (TPSA) is 87.3 Å². The normalized spacial score (nSPS) is 14.7. The van der Waals surface area contributed by atoms with Crippen LogP contribution in [0.25, 0.3) is 0 Å². The first-order chi connectivity index (χ1) is 9.52. The summed E-state index contributed by atoms with van der Waals surface area (Å²) in [7, 11) is 0. The van der Waals surface area contributed by atoms with Crippen molar-refractivity contribution in [1.82, 2.24) is 10.6 Å². The molecule has 0 saturated carbocycles. The molecular weight excluding hydrogens is 258 g/mol. The molecule has 1 unspecified atom stereocenters. The molecule has 6 heteroatoms. The zero-order valence-electron chi connectivity index (χ0n) is 11.4. The van der Waals surface area contributed by atoms with Crippen LogP contribution in [-0.2, 0) is 4.79 Å². The Kier molecular flexibility index (Phi) is 4.14. The monoisotopic (exact) mass is 275 g/mol. The Morgan fingerprint density at radius 1 is 1.25 bits per heavy atom. The van der Waals surface area contributed by atoms with Crippen LogP contribution in [-0.4, -0.2) is 30.8 Å². The van der Waals surface area contributed by atoms with E-state index in [4.69, 9.17) is 0 Å². The summed E-state index contributed by atoms with van der Waals surface area (Å²) >= 11 is 0. The van der Waals surface area contributed by atoms with E-state index in [2.05, 4.69) is 16.0 Å². The van der Waals surface area contributed by atoms with Crippen LogP contribution >= 0.6 is 0 Å².